The lowest BCUT2D eigenvalue weighted by Crippen LogP contribution is -2.12. The van der Waals surface area contributed by atoms with Crippen LogP contribution >= 0.6 is 0 Å². The van der Waals surface area contributed by atoms with Crippen LogP contribution in [0.15, 0.2) is 0 Å². The van der Waals surface area contributed by atoms with Crippen molar-refractivity contribution in [3.05, 3.63) is 0 Å². The molecule has 0 fully saturated rings. The minimum atomic E-state index is -2.92. The zero-order chi connectivity index (χ0) is 10.3. The molecule has 0 saturated heterocycles. The predicted octanol–water partition coefficient (Wildman–Crippen LogP) is 0.417. The first kappa shape index (κ1) is 12.6. The second-order valence-corrected chi connectivity index (χ2v) is 5.28. The minimum Gasteiger partial charge on any atom is -0.377 e. The molecule has 0 aliphatic rings. The first-order chi connectivity index (χ1) is 6.02. The number of carbonyl (C=O) groups is 1. The maximum atomic E-state index is 11.0. The van der Waals surface area contributed by atoms with Crippen molar-refractivity contribution in [2.45, 2.75) is 19.8 Å². The SMILES string of the molecule is CCS(=O)(=O)CCCC(=O)COC. The summed E-state index contributed by atoms with van der Waals surface area (Å²) < 4.78 is 26.6. The fourth-order valence-electron chi connectivity index (χ4n) is 0.867. The third-order valence-electron chi connectivity index (χ3n) is 1.66. The summed E-state index contributed by atoms with van der Waals surface area (Å²) in [7, 11) is -1.48. The summed E-state index contributed by atoms with van der Waals surface area (Å²) in [4.78, 5) is 10.9. The monoisotopic (exact) mass is 208 g/mol. The van der Waals surface area contributed by atoms with Gasteiger partial charge in [-0.3, -0.25) is 4.79 Å². The molecule has 5 heteroatoms. The number of methoxy groups -OCH3 is 1. The molecule has 0 heterocycles. The molecule has 0 amide bonds. The Bertz CT molecular complexity index is 243. The largest absolute Gasteiger partial charge is 0.377 e. The number of ether oxygens (including phenoxy) is 1. The third-order valence-corrected chi connectivity index (χ3v) is 3.45. The lowest BCUT2D eigenvalue weighted by Gasteiger charge is -2.00. The first-order valence-corrected chi connectivity index (χ1v) is 6.05. The van der Waals surface area contributed by atoms with Crippen LogP contribution in [0.25, 0.3) is 0 Å². The quantitative estimate of drug-likeness (QED) is 0.608. The Kier molecular flexibility index (Phi) is 5.90. The van der Waals surface area contributed by atoms with Crippen molar-refractivity contribution < 1.29 is 17.9 Å². The van der Waals surface area contributed by atoms with Gasteiger partial charge in [-0.25, -0.2) is 8.42 Å². The van der Waals surface area contributed by atoms with E-state index in [2.05, 4.69) is 4.74 Å². The molecule has 0 spiro atoms. The molecule has 4 nitrogen and oxygen atoms in total. The lowest BCUT2D eigenvalue weighted by atomic mass is 10.2. The normalized spacial score (nSPS) is 11.5. The van der Waals surface area contributed by atoms with Crippen LogP contribution in [0.3, 0.4) is 0 Å². The average molecular weight is 208 g/mol. The molecule has 0 aliphatic heterocycles. The van der Waals surface area contributed by atoms with E-state index in [0.717, 1.165) is 0 Å². The van der Waals surface area contributed by atoms with E-state index >= 15 is 0 Å². The Hall–Kier alpha value is -0.420. The summed E-state index contributed by atoms with van der Waals surface area (Å²) in [5, 5.41) is 0. The first-order valence-electron chi connectivity index (χ1n) is 4.23. The summed E-state index contributed by atoms with van der Waals surface area (Å²) in [5.74, 6) is 0.193. The highest BCUT2D eigenvalue weighted by atomic mass is 32.2. The second-order valence-electron chi connectivity index (χ2n) is 2.81. The topological polar surface area (TPSA) is 60.4 Å². The molecule has 0 bridgehead atoms. The van der Waals surface area contributed by atoms with Crippen LogP contribution in [0.4, 0.5) is 0 Å². The van der Waals surface area contributed by atoms with Gasteiger partial charge in [0.15, 0.2) is 5.78 Å². The number of ketones is 1. The molecule has 0 saturated carbocycles. The van der Waals surface area contributed by atoms with Crippen LogP contribution in [0.1, 0.15) is 19.8 Å². The molecule has 0 N–H and O–H groups in total. The van der Waals surface area contributed by atoms with E-state index in [1.54, 1.807) is 6.92 Å². The highest BCUT2D eigenvalue weighted by molar-refractivity contribution is 7.91. The highest BCUT2D eigenvalue weighted by Gasteiger charge is 2.08. The number of rotatable bonds is 7. The van der Waals surface area contributed by atoms with E-state index in [1.807, 2.05) is 0 Å². The zero-order valence-corrected chi connectivity index (χ0v) is 8.89. The van der Waals surface area contributed by atoms with Gasteiger partial charge < -0.3 is 4.74 Å². The number of carbonyl (C=O) groups excluding carboxylic acids is 1. The number of hydrogen-bond donors (Lipinski definition) is 0. The van der Waals surface area contributed by atoms with Crippen molar-refractivity contribution in [2.24, 2.45) is 0 Å². The molecular weight excluding hydrogens is 192 g/mol. The molecule has 0 radical (unpaired) electrons. The van der Waals surface area contributed by atoms with Crippen LogP contribution in [0.5, 0.6) is 0 Å². The molecule has 0 atom stereocenters. The van der Waals surface area contributed by atoms with E-state index in [4.69, 9.17) is 0 Å². The maximum absolute atomic E-state index is 11.0. The van der Waals surface area contributed by atoms with Crippen molar-refractivity contribution in [3.63, 3.8) is 0 Å². The second kappa shape index (κ2) is 6.10. The van der Waals surface area contributed by atoms with Crippen molar-refractivity contribution in [2.75, 3.05) is 25.2 Å². The van der Waals surface area contributed by atoms with E-state index in [-0.39, 0.29) is 30.3 Å². The van der Waals surface area contributed by atoms with Gasteiger partial charge in [-0.1, -0.05) is 6.92 Å². The van der Waals surface area contributed by atoms with Gasteiger partial charge >= 0.3 is 0 Å². The van der Waals surface area contributed by atoms with Gasteiger partial charge in [0.25, 0.3) is 0 Å². The zero-order valence-electron chi connectivity index (χ0n) is 8.08. The van der Waals surface area contributed by atoms with Crippen molar-refractivity contribution in [1.29, 1.82) is 0 Å². The van der Waals surface area contributed by atoms with Gasteiger partial charge in [0.05, 0.1) is 5.75 Å². The van der Waals surface area contributed by atoms with Gasteiger partial charge in [0.1, 0.15) is 16.4 Å². The summed E-state index contributed by atoms with van der Waals surface area (Å²) in [6.07, 6.45) is 0.686. The van der Waals surface area contributed by atoms with Crippen molar-refractivity contribution in [3.8, 4) is 0 Å². The maximum Gasteiger partial charge on any atom is 0.158 e. The standard InChI is InChI=1S/C8H16O4S/c1-3-13(10,11)6-4-5-8(9)7-12-2/h3-7H2,1-2H3. The number of Topliss-reactive ketones (excluding diaryl/α,β-unsaturated/α-hetero) is 1. The van der Waals surface area contributed by atoms with Gasteiger partial charge in [0, 0.05) is 19.3 Å². The van der Waals surface area contributed by atoms with Crippen LogP contribution < -0.4 is 0 Å². The molecular formula is C8H16O4S. The third kappa shape index (κ3) is 6.72. The smallest absolute Gasteiger partial charge is 0.158 e. The van der Waals surface area contributed by atoms with Crippen LogP contribution in [0, 0.1) is 0 Å². The lowest BCUT2D eigenvalue weighted by molar-refractivity contribution is -0.122. The molecule has 0 rings (SSSR count). The van der Waals surface area contributed by atoms with Crippen molar-refractivity contribution in [1.82, 2.24) is 0 Å². The molecule has 78 valence electrons. The Morgan fingerprint density at radius 1 is 1.38 bits per heavy atom. The van der Waals surface area contributed by atoms with Gasteiger partial charge in [0.2, 0.25) is 0 Å². The van der Waals surface area contributed by atoms with E-state index < -0.39 is 9.84 Å². The molecule has 0 aromatic rings. The van der Waals surface area contributed by atoms with E-state index in [1.165, 1.54) is 7.11 Å². The summed E-state index contributed by atoms with van der Waals surface area (Å²) in [6.45, 7) is 1.68. The molecule has 0 aliphatic carbocycles. The molecule has 0 unspecified atom stereocenters. The van der Waals surface area contributed by atoms with E-state index in [0.29, 0.717) is 6.42 Å². The number of sulfone groups is 1. The van der Waals surface area contributed by atoms with Gasteiger partial charge in [-0.05, 0) is 6.42 Å². The average Bonchev–Trinajstić information content (AvgIpc) is 2.05. The Morgan fingerprint density at radius 3 is 2.46 bits per heavy atom. The summed E-state index contributed by atoms with van der Waals surface area (Å²) in [6, 6.07) is 0. The van der Waals surface area contributed by atoms with E-state index in [9.17, 15) is 13.2 Å². The van der Waals surface area contributed by atoms with Crippen molar-refractivity contribution >= 4 is 15.6 Å². The van der Waals surface area contributed by atoms with Gasteiger partial charge in [-0.15, -0.1) is 0 Å². The van der Waals surface area contributed by atoms with Gasteiger partial charge in [-0.2, -0.15) is 0 Å². The highest BCUT2D eigenvalue weighted by Crippen LogP contribution is 1.98. The predicted molar refractivity (Wildman–Crippen MR) is 50.4 cm³/mol. The number of hydrogen-bond acceptors (Lipinski definition) is 4. The van der Waals surface area contributed by atoms with Crippen LogP contribution in [-0.2, 0) is 19.4 Å². The van der Waals surface area contributed by atoms with Crippen LogP contribution in [0.2, 0.25) is 0 Å². The molecule has 0 aromatic heterocycles. The molecule has 0 aromatic carbocycles. The Morgan fingerprint density at radius 2 is 2.00 bits per heavy atom. The molecule has 13 heavy (non-hydrogen) atoms. The van der Waals surface area contributed by atoms with Crippen LogP contribution in [-0.4, -0.2) is 39.4 Å². The Balaban J connectivity index is 3.62. The fourth-order valence-corrected chi connectivity index (χ4v) is 1.74. The minimum absolute atomic E-state index is 0.0474. The fraction of sp³-hybridized carbons (Fsp3) is 0.875. The summed E-state index contributed by atoms with van der Waals surface area (Å²) in [5.41, 5.74) is 0. The Labute approximate surface area is 79.2 Å². The summed E-state index contributed by atoms with van der Waals surface area (Å²) >= 11 is 0.